The van der Waals surface area contributed by atoms with E-state index >= 15 is 0 Å². The first kappa shape index (κ1) is 10.7. The number of thiophene rings is 1. The second kappa shape index (κ2) is 4.35. The maximum absolute atomic E-state index is 9.90. The van der Waals surface area contributed by atoms with E-state index in [4.69, 9.17) is 11.6 Å². The molecule has 15 heavy (non-hydrogen) atoms. The van der Waals surface area contributed by atoms with Crippen molar-refractivity contribution in [3.05, 3.63) is 39.3 Å². The van der Waals surface area contributed by atoms with Gasteiger partial charge in [0.15, 0.2) is 0 Å². The largest absolute Gasteiger partial charge is 0.387 e. The lowest BCUT2D eigenvalue weighted by Crippen LogP contribution is -2.01. The molecule has 2 rings (SSSR count). The molecule has 2 aromatic rings. The average Bonchev–Trinajstić information content (AvgIpc) is 2.75. The minimum Gasteiger partial charge on any atom is -0.387 e. The summed E-state index contributed by atoms with van der Waals surface area (Å²) in [6.07, 6.45) is 1.87. The van der Waals surface area contributed by atoms with Gasteiger partial charge in [0.1, 0.15) is 0 Å². The van der Waals surface area contributed by atoms with E-state index in [1.807, 2.05) is 25.4 Å². The maximum atomic E-state index is 9.90. The van der Waals surface area contributed by atoms with Crippen LogP contribution in [0.15, 0.2) is 24.4 Å². The van der Waals surface area contributed by atoms with Gasteiger partial charge in [0.2, 0.25) is 0 Å². The lowest BCUT2D eigenvalue weighted by molar-refractivity contribution is 0.181. The molecule has 0 radical (unpaired) electrons. The van der Waals surface area contributed by atoms with Crippen molar-refractivity contribution < 1.29 is 5.11 Å². The Labute approximate surface area is 96.9 Å². The van der Waals surface area contributed by atoms with E-state index in [0.717, 1.165) is 10.6 Å². The molecule has 1 N–H and O–H groups in total. The quantitative estimate of drug-likeness (QED) is 0.898. The summed E-state index contributed by atoms with van der Waals surface area (Å²) >= 11 is 7.20. The SMILES string of the molecule is Cn1ccc(CC(O)c2ccc(Cl)s2)n1. The average molecular weight is 243 g/mol. The molecule has 0 saturated heterocycles. The zero-order valence-corrected chi connectivity index (χ0v) is 9.79. The topological polar surface area (TPSA) is 38.0 Å². The van der Waals surface area contributed by atoms with Crippen LogP contribution in [0, 0.1) is 0 Å². The van der Waals surface area contributed by atoms with Crippen LogP contribution in [0.4, 0.5) is 0 Å². The van der Waals surface area contributed by atoms with Gasteiger partial charge in [0.25, 0.3) is 0 Å². The maximum Gasteiger partial charge on any atom is 0.0938 e. The van der Waals surface area contributed by atoms with E-state index < -0.39 is 6.10 Å². The Morgan fingerprint density at radius 1 is 1.53 bits per heavy atom. The number of rotatable bonds is 3. The summed E-state index contributed by atoms with van der Waals surface area (Å²) in [4.78, 5) is 0.880. The summed E-state index contributed by atoms with van der Waals surface area (Å²) < 4.78 is 2.42. The molecule has 0 aliphatic heterocycles. The van der Waals surface area contributed by atoms with Gasteiger partial charge in [-0.15, -0.1) is 11.3 Å². The lowest BCUT2D eigenvalue weighted by Gasteiger charge is -2.05. The number of aliphatic hydroxyl groups excluding tert-OH is 1. The summed E-state index contributed by atoms with van der Waals surface area (Å²) in [6.45, 7) is 0. The van der Waals surface area contributed by atoms with Crippen molar-refractivity contribution in [2.45, 2.75) is 12.5 Å². The molecule has 0 amide bonds. The monoisotopic (exact) mass is 242 g/mol. The highest BCUT2D eigenvalue weighted by Crippen LogP contribution is 2.28. The number of hydrogen-bond donors (Lipinski definition) is 1. The number of halogens is 1. The van der Waals surface area contributed by atoms with Gasteiger partial charge in [-0.05, 0) is 18.2 Å². The number of aromatic nitrogens is 2. The van der Waals surface area contributed by atoms with Crippen molar-refractivity contribution in [1.29, 1.82) is 0 Å². The predicted molar refractivity (Wildman–Crippen MR) is 61.2 cm³/mol. The third-order valence-corrected chi connectivity index (χ3v) is 3.43. The molecular weight excluding hydrogens is 232 g/mol. The predicted octanol–water partition coefficient (Wildman–Crippen LogP) is 2.41. The molecular formula is C10H11ClN2OS. The number of aryl methyl sites for hydroxylation is 1. The third kappa shape index (κ3) is 2.59. The van der Waals surface area contributed by atoms with Gasteiger partial charge in [-0.3, -0.25) is 4.68 Å². The van der Waals surface area contributed by atoms with Crippen molar-refractivity contribution in [3.8, 4) is 0 Å². The fourth-order valence-corrected chi connectivity index (χ4v) is 2.43. The van der Waals surface area contributed by atoms with Crippen molar-refractivity contribution >= 4 is 22.9 Å². The second-order valence-corrected chi connectivity index (χ2v) is 5.09. The van der Waals surface area contributed by atoms with Crippen LogP contribution in [-0.4, -0.2) is 14.9 Å². The van der Waals surface area contributed by atoms with Crippen LogP contribution >= 0.6 is 22.9 Å². The van der Waals surface area contributed by atoms with Crippen molar-refractivity contribution in [2.24, 2.45) is 7.05 Å². The van der Waals surface area contributed by atoms with Crippen molar-refractivity contribution in [3.63, 3.8) is 0 Å². The van der Waals surface area contributed by atoms with E-state index in [2.05, 4.69) is 5.10 Å². The van der Waals surface area contributed by atoms with Gasteiger partial charge in [-0.1, -0.05) is 11.6 Å². The fourth-order valence-electron chi connectivity index (χ4n) is 1.38. The number of nitrogens with zero attached hydrogens (tertiary/aromatic N) is 2. The molecule has 2 aromatic heterocycles. The molecule has 0 aliphatic carbocycles. The molecule has 0 spiro atoms. The van der Waals surface area contributed by atoms with Crippen LogP contribution in [-0.2, 0) is 13.5 Å². The molecule has 0 aromatic carbocycles. The Hall–Kier alpha value is -0.840. The minimum absolute atomic E-state index is 0.516. The molecule has 1 unspecified atom stereocenters. The van der Waals surface area contributed by atoms with Crippen LogP contribution < -0.4 is 0 Å². The fraction of sp³-hybridized carbons (Fsp3) is 0.300. The van der Waals surface area contributed by atoms with E-state index in [1.54, 1.807) is 10.7 Å². The highest BCUT2D eigenvalue weighted by molar-refractivity contribution is 7.16. The van der Waals surface area contributed by atoms with Crippen LogP contribution in [0.2, 0.25) is 4.34 Å². The summed E-state index contributed by atoms with van der Waals surface area (Å²) in [7, 11) is 1.86. The summed E-state index contributed by atoms with van der Waals surface area (Å²) in [5.74, 6) is 0. The number of aliphatic hydroxyl groups is 1. The van der Waals surface area contributed by atoms with Crippen LogP contribution in [0.1, 0.15) is 16.7 Å². The zero-order valence-electron chi connectivity index (χ0n) is 8.22. The molecule has 0 saturated carbocycles. The molecule has 0 aliphatic rings. The minimum atomic E-state index is -0.516. The Morgan fingerprint density at radius 2 is 2.33 bits per heavy atom. The van der Waals surface area contributed by atoms with Gasteiger partial charge in [0.05, 0.1) is 16.1 Å². The first-order chi connectivity index (χ1) is 7.15. The normalized spacial score (nSPS) is 13.0. The van der Waals surface area contributed by atoms with E-state index in [1.165, 1.54) is 11.3 Å². The van der Waals surface area contributed by atoms with Gasteiger partial charge >= 0.3 is 0 Å². The first-order valence-corrected chi connectivity index (χ1v) is 5.76. The zero-order chi connectivity index (χ0) is 10.8. The van der Waals surface area contributed by atoms with Crippen LogP contribution in [0.25, 0.3) is 0 Å². The van der Waals surface area contributed by atoms with E-state index in [0.29, 0.717) is 10.8 Å². The van der Waals surface area contributed by atoms with Crippen LogP contribution in [0.3, 0.4) is 0 Å². The Bertz CT molecular complexity index is 452. The summed E-state index contributed by atoms with van der Waals surface area (Å²) in [5.41, 5.74) is 0.884. The number of hydrogen-bond acceptors (Lipinski definition) is 3. The van der Waals surface area contributed by atoms with Gasteiger partial charge in [-0.2, -0.15) is 5.10 Å². The third-order valence-electron chi connectivity index (χ3n) is 2.09. The lowest BCUT2D eigenvalue weighted by atomic mass is 10.2. The van der Waals surface area contributed by atoms with Gasteiger partial charge in [0, 0.05) is 24.5 Å². The Balaban J connectivity index is 2.06. The standard InChI is InChI=1S/C10H11ClN2OS/c1-13-5-4-7(12-13)6-8(14)9-2-3-10(11)15-9/h2-5,8,14H,6H2,1H3. The molecule has 3 nitrogen and oxygen atoms in total. The summed E-state index contributed by atoms with van der Waals surface area (Å²) in [5, 5.41) is 14.1. The molecule has 0 bridgehead atoms. The molecule has 5 heteroatoms. The van der Waals surface area contributed by atoms with Gasteiger partial charge < -0.3 is 5.11 Å². The molecule has 80 valence electrons. The Kier molecular flexibility index (Phi) is 3.09. The Morgan fingerprint density at radius 3 is 2.87 bits per heavy atom. The highest BCUT2D eigenvalue weighted by atomic mass is 35.5. The van der Waals surface area contributed by atoms with Crippen LogP contribution in [0.5, 0.6) is 0 Å². The molecule has 0 fully saturated rings. The highest BCUT2D eigenvalue weighted by Gasteiger charge is 2.12. The van der Waals surface area contributed by atoms with E-state index in [9.17, 15) is 5.11 Å². The van der Waals surface area contributed by atoms with Gasteiger partial charge in [-0.25, -0.2) is 0 Å². The first-order valence-electron chi connectivity index (χ1n) is 4.57. The smallest absolute Gasteiger partial charge is 0.0938 e. The second-order valence-electron chi connectivity index (χ2n) is 3.34. The molecule has 2 heterocycles. The van der Waals surface area contributed by atoms with Crippen molar-refractivity contribution in [2.75, 3.05) is 0 Å². The summed E-state index contributed by atoms with van der Waals surface area (Å²) in [6, 6.07) is 5.54. The molecule has 1 atom stereocenters. The van der Waals surface area contributed by atoms with Crippen molar-refractivity contribution in [1.82, 2.24) is 9.78 Å². The van der Waals surface area contributed by atoms with E-state index in [-0.39, 0.29) is 0 Å².